The maximum absolute atomic E-state index is 12.8. The summed E-state index contributed by atoms with van der Waals surface area (Å²) < 4.78 is 11.9. The van der Waals surface area contributed by atoms with Gasteiger partial charge in [0.15, 0.2) is 0 Å². The van der Waals surface area contributed by atoms with Gasteiger partial charge in [-0.1, -0.05) is 42.5 Å². The predicted octanol–water partition coefficient (Wildman–Crippen LogP) is 3.48. The number of hydrogen-bond acceptors (Lipinski definition) is 3. The predicted molar refractivity (Wildman–Crippen MR) is 95.6 cm³/mol. The molecule has 2 aromatic rings. The third-order valence-corrected chi connectivity index (χ3v) is 5.28. The minimum absolute atomic E-state index is 0.0705. The smallest absolute Gasteiger partial charge is 0.311 e. The fourth-order valence-corrected chi connectivity index (χ4v) is 3.99. The number of fused-ring (bicyclic) bond motifs is 2. The van der Waals surface area contributed by atoms with Gasteiger partial charge in [-0.25, -0.2) is 0 Å². The number of carbonyl (C=O) groups is 1. The second kappa shape index (κ2) is 5.46. The molecule has 126 valence electrons. The highest BCUT2D eigenvalue weighted by atomic mass is 16.7. The molecule has 0 saturated carbocycles. The molecule has 25 heavy (non-hydrogen) atoms. The highest BCUT2D eigenvalue weighted by Gasteiger charge is 2.52. The van der Waals surface area contributed by atoms with E-state index in [0.717, 1.165) is 30.3 Å². The highest BCUT2D eigenvalue weighted by molar-refractivity contribution is 5.92. The molecule has 3 aliphatic heterocycles. The summed E-state index contributed by atoms with van der Waals surface area (Å²) in [5, 5.41) is 2.34. The molecule has 0 aliphatic carbocycles. The standard InChI is InChI=1S/C21H19NO3/c23-20-21(24-14-17-8-4-12-22(17)20)11-10-18(25-21)13-16-7-3-6-15-5-1-2-9-19(15)16/h1-3,5-7,9-11,13,17H,4,8,12,14H2/b18-13-/t17-,21+/m0/s1. The van der Waals surface area contributed by atoms with Gasteiger partial charge in [-0.2, -0.15) is 0 Å². The van der Waals surface area contributed by atoms with Crippen LogP contribution in [-0.4, -0.2) is 35.8 Å². The van der Waals surface area contributed by atoms with Gasteiger partial charge in [-0.05, 0) is 41.3 Å². The van der Waals surface area contributed by atoms with Crippen LogP contribution < -0.4 is 0 Å². The summed E-state index contributed by atoms with van der Waals surface area (Å²) in [5.74, 6) is -0.682. The molecule has 0 aromatic heterocycles. The van der Waals surface area contributed by atoms with E-state index in [1.54, 1.807) is 6.08 Å². The maximum Gasteiger partial charge on any atom is 0.311 e. The van der Waals surface area contributed by atoms with E-state index >= 15 is 0 Å². The van der Waals surface area contributed by atoms with E-state index in [1.165, 1.54) is 5.39 Å². The quantitative estimate of drug-likeness (QED) is 0.802. The molecule has 0 unspecified atom stereocenters. The molecule has 4 nitrogen and oxygen atoms in total. The Morgan fingerprint density at radius 2 is 2.04 bits per heavy atom. The third kappa shape index (κ3) is 2.29. The first-order valence-corrected chi connectivity index (χ1v) is 8.78. The van der Waals surface area contributed by atoms with Crippen LogP contribution in [0.25, 0.3) is 16.8 Å². The summed E-state index contributed by atoms with van der Waals surface area (Å²) in [6.07, 6.45) is 7.62. The van der Waals surface area contributed by atoms with Gasteiger partial charge in [0, 0.05) is 12.6 Å². The molecule has 3 heterocycles. The van der Waals surface area contributed by atoms with Crippen molar-refractivity contribution in [3.63, 3.8) is 0 Å². The van der Waals surface area contributed by atoms with Gasteiger partial charge in [-0.3, -0.25) is 4.79 Å². The molecule has 1 spiro atoms. The zero-order chi connectivity index (χ0) is 16.9. The van der Waals surface area contributed by atoms with Gasteiger partial charge in [0.25, 0.3) is 5.91 Å². The first kappa shape index (κ1) is 14.7. The minimum Gasteiger partial charge on any atom is -0.450 e. The van der Waals surface area contributed by atoms with Crippen LogP contribution in [0.2, 0.25) is 0 Å². The molecule has 2 atom stereocenters. The molecule has 2 saturated heterocycles. The molecule has 2 aromatic carbocycles. The fraction of sp³-hybridized carbons (Fsp3) is 0.286. The summed E-state index contributed by atoms with van der Waals surface area (Å²) in [6.45, 7) is 1.34. The number of ether oxygens (including phenoxy) is 2. The van der Waals surface area contributed by atoms with Gasteiger partial charge < -0.3 is 14.4 Å². The summed E-state index contributed by atoms with van der Waals surface area (Å²) in [4.78, 5) is 14.8. The zero-order valence-electron chi connectivity index (χ0n) is 13.9. The number of hydrogen-bond donors (Lipinski definition) is 0. The molecule has 2 fully saturated rings. The van der Waals surface area contributed by atoms with Gasteiger partial charge in [-0.15, -0.1) is 0 Å². The lowest BCUT2D eigenvalue weighted by Crippen LogP contribution is -2.58. The van der Waals surface area contributed by atoms with Crippen molar-refractivity contribution in [3.05, 3.63) is 65.9 Å². The van der Waals surface area contributed by atoms with E-state index in [0.29, 0.717) is 12.4 Å². The van der Waals surface area contributed by atoms with Crippen molar-refractivity contribution in [3.8, 4) is 0 Å². The van der Waals surface area contributed by atoms with Crippen LogP contribution in [0.4, 0.5) is 0 Å². The number of nitrogens with zero attached hydrogens (tertiary/aromatic N) is 1. The zero-order valence-corrected chi connectivity index (χ0v) is 13.9. The first-order valence-electron chi connectivity index (χ1n) is 8.78. The van der Waals surface area contributed by atoms with Crippen LogP contribution in [0.15, 0.2) is 60.4 Å². The molecule has 0 N–H and O–H groups in total. The molecule has 0 radical (unpaired) electrons. The van der Waals surface area contributed by atoms with Crippen LogP contribution >= 0.6 is 0 Å². The highest BCUT2D eigenvalue weighted by Crippen LogP contribution is 2.37. The Labute approximate surface area is 146 Å². The summed E-state index contributed by atoms with van der Waals surface area (Å²) in [5.41, 5.74) is 1.07. The second-order valence-corrected chi connectivity index (χ2v) is 6.82. The number of amides is 1. The van der Waals surface area contributed by atoms with Crippen molar-refractivity contribution in [1.29, 1.82) is 0 Å². The molecular weight excluding hydrogens is 314 g/mol. The fourth-order valence-electron chi connectivity index (χ4n) is 3.99. The summed E-state index contributed by atoms with van der Waals surface area (Å²) in [6, 6.07) is 14.6. The molecule has 3 aliphatic rings. The van der Waals surface area contributed by atoms with Crippen LogP contribution in [-0.2, 0) is 14.3 Å². The van der Waals surface area contributed by atoms with Gasteiger partial charge in [0.2, 0.25) is 0 Å². The third-order valence-electron chi connectivity index (χ3n) is 5.28. The van der Waals surface area contributed by atoms with Gasteiger partial charge in [0.05, 0.1) is 12.6 Å². The monoisotopic (exact) mass is 333 g/mol. The van der Waals surface area contributed by atoms with Crippen molar-refractivity contribution in [2.24, 2.45) is 0 Å². The van der Waals surface area contributed by atoms with E-state index in [-0.39, 0.29) is 11.9 Å². The lowest BCUT2D eigenvalue weighted by atomic mass is 10.0. The Balaban J connectivity index is 1.47. The maximum atomic E-state index is 12.8. The molecule has 4 heteroatoms. The van der Waals surface area contributed by atoms with Crippen LogP contribution in [0.1, 0.15) is 18.4 Å². The lowest BCUT2D eigenvalue weighted by molar-refractivity contribution is -0.219. The van der Waals surface area contributed by atoms with E-state index in [9.17, 15) is 4.79 Å². The topological polar surface area (TPSA) is 38.8 Å². The number of rotatable bonds is 1. The van der Waals surface area contributed by atoms with Crippen LogP contribution in [0.5, 0.6) is 0 Å². The van der Waals surface area contributed by atoms with E-state index < -0.39 is 5.79 Å². The molecule has 0 bridgehead atoms. The molecule has 5 rings (SSSR count). The summed E-state index contributed by atoms with van der Waals surface area (Å²) in [7, 11) is 0. The van der Waals surface area contributed by atoms with E-state index in [2.05, 4.69) is 24.3 Å². The van der Waals surface area contributed by atoms with Crippen molar-refractivity contribution in [1.82, 2.24) is 4.90 Å². The van der Waals surface area contributed by atoms with Gasteiger partial charge in [0.1, 0.15) is 5.76 Å². The Morgan fingerprint density at radius 1 is 1.16 bits per heavy atom. The van der Waals surface area contributed by atoms with Crippen molar-refractivity contribution >= 4 is 22.8 Å². The normalized spacial score (nSPS) is 29.6. The molecule has 1 amide bonds. The Hall–Kier alpha value is -2.59. The van der Waals surface area contributed by atoms with E-state index in [4.69, 9.17) is 9.47 Å². The average Bonchev–Trinajstić information content (AvgIpc) is 3.27. The second-order valence-electron chi connectivity index (χ2n) is 6.82. The minimum atomic E-state index is -1.27. The average molecular weight is 333 g/mol. The number of benzene rings is 2. The number of carbonyl (C=O) groups excluding carboxylic acids is 1. The first-order chi connectivity index (χ1) is 12.3. The Bertz CT molecular complexity index is 911. The Kier molecular flexibility index (Phi) is 3.22. The van der Waals surface area contributed by atoms with Crippen molar-refractivity contribution in [2.75, 3.05) is 13.2 Å². The van der Waals surface area contributed by atoms with Crippen molar-refractivity contribution < 1.29 is 14.3 Å². The van der Waals surface area contributed by atoms with Crippen molar-refractivity contribution in [2.45, 2.75) is 24.7 Å². The van der Waals surface area contributed by atoms with E-state index in [1.807, 2.05) is 35.3 Å². The number of morpholine rings is 1. The number of allylic oxidation sites excluding steroid dienone is 1. The largest absolute Gasteiger partial charge is 0.450 e. The summed E-state index contributed by atoms with van der Waals surface area (Å²) >= 11 is 0. The lowest BCUT2D eigenvalue weighted by Gasteiger charge is -2.39. The van der Waals surface area contributed by atoms with Crippen LogP contribution in [0, 0.1) is 0 Å². The Morgan fingerprint density at radius 3 is 3.00 bits per heavy atom. The SMILES string of the molecule is O=C1N2CCC[C@H]2CO[C@@]12C=C/C(=C/c1cccc3ccccc13)O2. The van der Waals surface area contributed by atoms with Crippen LogP contribution in [0.3, 0.4) is 0 Å². The molecular formula is C21H19NO3. The van der Waals surface area contributed by atoms with Gasteiger partial charge >= 0.3 is 5.79 Å².